The zero-order valence-electron chi connectivity index (χ0n) is 26.1. The van der Waals surface area contributed by atoms with Crippen molar-refractivity contribution in [3.63, 3.8) is 0 Å². The average Bonchev–Trinajstić information content (AvgIpc) is 3.06. The molecule has 2 aliphatic rings. The lowest BCUT2D eigenvalue weighted by Gasteiger charge is -2.34. The van der Waals surface area contributed by atoms with Crippen molar-refractivity contribution in [3.8, 4) is 22.3 Å². The number of aryl methyl sites for hydroxylation is 1. The van der Waals surface area contributed by atoms with Crippen LogP contribution in [0.3, 0.4) is 0 Å². The Bertz CT molecular complexity index is 1440. The summed E-state index contributed by atoms with van der Waals surface area (Å²) in [5, 5.41) is 0. The molecule has 0 N–H and O–H groups in total. The van der Waals surface area contributed by atoms with Gasteiger partial charge in [0, 0.05) is 16.7 Å². The molecule has 44 heavy (non-hydrogen) atoms. The highest BCUT2D eigenvalue weighted by molar-refractivity contribution is 5.74. The zero-order chi connectivity index (χ0) is 31.1. The molecule has 1 fully saturated rings. The monoisotopic (exact) mass is 602 g/mol. The molecule has 0 aromatic heterocycles. The van der Waals surface area contributed by atoms with Crippen LogP contribution in [0.5, 0.6) is 0 Å². The highest BCUT2D eigenvalue weighted by Crippen LogP contribution is 2.42. The van der Waals surface area contributed by atoms with Gasteiger partial charge in [0.1, 0.15) is 0 Å². The van der Waals surface area contributed by atoms with E-state index in [4.69, 9.17) is 0 Å². The van der Waals surface area contributed by atoms with Crippen molar-refractivity contribution >= 4 is 5.57 Å². The minimum absolute atomic E-state index is 0.159. The van der Waals surface area contributed by atoms with Crippen molar-refractivity contribution < 1.29 is 17.6 Å². The predicted octanol–water partition coefficient (Wildman–Crippen LogP) is 12.7. The summed E-state index contributed by atoms with van der Waals surface area (Å²) < 4.78 is 60.7. The van der Waals surface area contributed by atoms with Crippen LogP contribution in [0.2, 0.25) is 0 Å². The van der Waals surface area contributed by atoms with Crippen LogP contribution in [0.25, 0.3) is 27.8 Å². The molecule has 0 bridgehead atoms. The van der Waals surface area contributed by atoms with Gasteiger partial charge in [0.2, 0.25) is 0 Å². The van der Waals surface area contributed by atoms with E-state index in [0.29, 0.717) is 46.4 Å². The molecule has 0 radical (unpaired) electrons. The summed E-state index contributed by atoms with van der Waals surface area (Å²) in [6, 6.07) is 13.1. The average molecular weight is 603 g/mol. The van der Waals surface area contributed by atoms with E-state index in [9.17, 15) is 4.39 Å². The van der Waals surface area contributed by atoms with Crippen LogP contribution in [0.1, 0.15) is 102 Å². The van der Waals surface area contributed by atoms with Crippen LogP contribution in [0.15, 0.2) is 67.3 Å². The molecule has 1 saturated carbocycles. The second-order valence-electron chi connectivity index (χ2n) is 13.0. The maximum atomic E-state index is 15.4. The van der Waals surface area contributed by atoms with E-state index in [-0.39, 0.29) is 11.1 Å². The summed E-state index contributed by atoms with van der Waals surface area (Å²) in [5.41, 5.74) is 2.94. The second-order valence-corrected chi connectivity index (χ2v) is 13.0. The first-order chi connectivity index (χ1) is 21.4. The number of hydrogen-bond acceptors (Lipinski definition) is 0. The van der Waals surface area contributed by atoms with Crippen LogP contribution in [0, 0.1) is 41.0 Å². The smallest absolute Gasteiger partial charge is 0.167 e. The van der Waals surface area contributed by atoms with Gasteiger partial charge in [0.05, 0.1) is 0 Å². The van der Waals surface area contributed by atoms with E-state index in [0.717, 1.165) is 44.1 Å². The van der Waals surface area contributed by atoms with Crippen molar-refractivity contribution in [1.29, 1.82) is 0 Å². The third kappa shape index (κ3) is 7.38. The summed E-state index contributed by atoms with van der Waals surface area (Å²) in [4.78, 5) is 0. The fourth-order valence-electron chi connectivity index (χ4n) is 7.33. The topological polar surface area (TPSA) is 0 Å². The van der Waals surface area contributed by atoms with Crippen molar-refractivity contribution in [2.24, 2.45) is 17.8 Å². The largest absolute Gasteiger partial charge is 0.203 e. The first kappa shape index (κ1) is 32.3. The maximum absolute atomic E-state index is 15.4. The van der Waals surface area contributed by atoms with Crippen molar-refractivity contribution in [3.05, 3.63) is 102 Å². The summed E-state index contributed by atoms with van der Waals surface area (Å²) >= 11 is 0. The Morgan fingerprint density at radius 3 is 1.82 bits per heavy atom. The van der Waals surface area contributed by atoms with Gasteiger partial charge >= 0.3 is 0 Å². The third-order valence-corrected chi connectivity index (χ3v) is 10.2. The number of unbranched alkanes of at least 4 members (excludes halogenated alkanes) is 5. The van der Waals surface area contributed by atoms with Crippen LogP contribution in [0.4, 0.5) is 17.6 Å². The Kier molecular flexibility index (Phi) is 11.2. The van der Waals surface area contributed by atoms with E-state index in [1.165, 1.54) is 44.9 Å². The molecule has 3 aromatic carbocycles. The normalized spacial score (nSPS) is 20.4. The van der Waals surface area contributed by atoms with Crippen LogP contribution < -0.4 is 0 Å². The minimum atomic E-state index is -0.878. The first-order valence-electron chi connectivity index (χ1n) is 16.8. The Hall–Kier alpha value is -3.14. The molecule has 2 aliphatic carbocycles. The summed E-state index contributed by atoms with van der Waals surface area (Å²) in [7, 11) is 0. The van der Waals surface area contributed by atoms with E-state index in [2.05, 4.69) is 25.7 Å². The van der Waals surface area contributed by atoms with Crippen molar-refractivity contribution in [2.75, 3.05) is 0 Å². The molecular weight excluding hydrogens is 556 g/mol. The molecule has 5 rings (SSSR count). The van der Waals surface area contributed by atoms with Crippen LogP contribution in [-0.2, 0) is 6.42 Å². The van der Waals surface area contributed by atoms with Gasteiger partial charge in [-0.2, -0.15) is 0 Å². The fourth-order valence-corrected chi connectivity index (χ4v) is 7.33. The van der Waals surface area contributed by atoms with Crippen molar-refractivity contribution in [2.45, 2.75) is 96.8 Å². The van der Waals surface area contributed by atoms with E-state index in [1.807, 2.05) is 0 Å². The number of rotatable bonds is 12. The Morgan fingerprint density at radius 1 is 0.636 bits per heavy atom. The van der Waals surface area contributed by atoms with Gasteiger partial charge in [-0.05, 0) is 97.8 Å². The van der Waals surface area contributed by atoms with Crippen molar-refractivity contribution in [1.82, 2.24) is 0 Å². The molecule has 4 heteroatoms. The number of hydrogen-bond donors (Lipinski definition) is 0. The maximum Gasteiger partial charge on any atom is 0.167 e. The van der Waals surface area contributed by atoms with Gasteiger partial charge in [-0.25, -0.2) is 17.6 Å². The van der Waals surface area contributed by atoms with E-state index >= 15 is 13.2 Å². The number of benzene rings is 3. The Balaban J connectivity index is 1.24. The quantitative estimate of drug-likeness (QED) is 0.110. The van der Waals surface area contributed by atoms with Gasteiger partial charge in [-0.3, -0.25) is 0 Å². The highest BCUT2D eigenvalue weighted by Gasteiger charge is 2.29. The summed E-state index contributed by atoms with van der Waals surface area (Å²) in [6.07, 6.45) is 18.8. The molecule has 1 unspecified atom stereocenters. The molecule has 234 valence electrons. The van der Waals surface area contributed by atoms with E-state index in [1.54, 1.807) is 48.5 Å². The van der Waals surface area contributed by atoms with Gasteiger partial charge in [-0.1, -0.05) is 99.7 Å². The van der Waals surface area contributed by atoms with Crippen LogP contribution >= 0.6 is 0 Å². The number of halogens is 4. The van der Waals surface area contributed by atoms with Gasteiger partial charge in [0.25, 0.3) is 0 Å². The highest BCUT2D eigenvalue weighted by atomic mass is 19.2. The summed E-state index contributed by atoms with van der Waals surface area (Å²) in [6.45, 7) is 6.11. The van der Waals surface area contributed by atoms with Crippen LogP contribution in [-0.4, -0.2) is 0 Å². The van der Waals surface area contributed by atoms with Gasteiger partial charge in [-0.15, -0.1) is 6.58 Å². The molecule has 1 atom stereocenters. The molecule has 3 aromatic rings. The Labute approximate surface area is 261 Å². The lowest BCUT2D eigenvalue weighted by atomic mass is 9.71. The molecular formula is C40H46F4. The second kappa shape index (κ2) is 15.2. The number of allylic oxidation sites excluding steroid dienone is 3. The molecule has 0 saturated heterocycles. The standard InChI is InChI=1S/C40H46F4/c1-3-5-6-7-8-9-10-33-23-24-34(38(42)37(33)41)31-19-21-32(22-20-31)36-26-25-35(39(43)40(36)44)30-17-15-29(16-18-30)28-13-11-27(4-2)12-14-28/h4,17,19-29H,2-3,5-16,18H2,1H3. The minimum Gasteiger partial charge on any atom is -0.203 e. The molecule has 0 amide bonds. The lowest BCUT2D eigenvalue weighted by Crippen LogP contribution is -2.22. The molecule has 0 aliphatic heterocycles. The molecule has 0 heterocycles. The van der Waals surface area contributed by atoms with E-state index < -0.39 is 23.3 Å². The van der Waals surface area contributed by atoms with Gasteiger partial charge in [0.15, 0.2) is 23.3 Å². The third-order valence-electron chi connectivity index (χ3n) is 10.2. The zero-order valence-corrected chi connectivity index (χ0v) is 26.1. The SMILES string of the molecule is C=CC1CCC(C2CC=C(c3ccc(-c4ccc(-c5ccc(CCCCCCCC)c(F)c5F)cc4)c(F)c3F)CC2)CC1. The Morgan fingerprint density at radius 2 is 1.20 bits per heavy atom. The molecule has 0 nitrogen and oxygen atoms in total. The fraction of sp³-hybridized carbons (Fsp3) is 0.450. The van der Waals surface area contributed by atoms with Gasteiger partial charge < -0.3 is 0 Å². The lowest BCUT2D eigenvalue weighted by molar-refractivity contribution is 0.212. The predicted molar refractivity (Wildman–Crippen MR) is 175 cm³/mol. The molecule has 0 spiro atoms. The summed E-state index contributed by atoms with van der Waals surface area (Å²) in [5.74, 6) is -1.39. The first-order valence-corrected chi connectivity index (χ1v) is 16.8.